The fraction of sp³-hybridized carbons (Fsp3) is 0.400. The maximum Gasteiger partial charge on any atom is 0.410 e. The molecule has 14 heteroatoms. The van der Waals surface area contributed by atoms with Gasteiger partial charge in [0.15, 0.2) is 11.8 Å². The van der Waals surface area contributed by atoms with E-state index in [0.717, 1.165) is 9.87 Å². The van der Waals surface area contributed by atoms with Crippen LogP contribution in [0.5, 0.6) is 11.5 Å². The van der Waals surface area contributed by atoms with Crippen molar-refractivity contribution >= 4 is 27.7 Å². The molecule has 2 atom stereocenters. The number of nitriles is 1. The van der Waals surface area contributed by atoms with Gasteiger partial charge in [0.05, 0.1) is 43.0 Å². The van der Waals surface area contributed by atoms with Gasteiger partial charge in [-0.3, -0.25) is 9.69 Å². The summed E-state index contributed by atoms with van der Waals surface area (Å²) in [6.07, 6.45) is -0.610. The Bertz CT molecular complexity index is 1860. The Balaban J connectivity index is 1.81. The number of likely N-dealkylation sites (N-methyl/N-ethyl adjacent to an activating group) is 1. The average molecular weight is 692 g/mol. The van der Waals surface area contributed by atoms with Crippen LogP contribution in [0.3, 0.4) is 0 Å². The second-order valence-corrected chi connectivity index (χ2v) is 13.9. The zero-order valence-electron chi connectivity index (χ0n) is 28.5. The second kappa shape index (κ2) is 14.4. The number of carbonyl (C=O) groups excluding carboxylic acids is 2. The van der Waals surface area contributed by atoms with Gasteiger partial charge in [0.25, 0.3) is 15.9 Å². The second-order valence-electron chi connectivity index (χ2n) is 12.1. The molecule has 0 aromatic heterocycles. The van der Waals surface area contributed by atoms with Crippen LogP contribution in [0.1, 0.15) is 35.1 Å². The Labute approximate surface area is 287 Å². The Morgan fingerprint density at radius 3 is 2.37 bits per heavy atom. The van der Waals surface area contributed by atoms with Crippen LogP contribution >= 0.6 is 0 Å². The third-order valence-electron chi connectivity index (χ3n) is 8.84. The molecule has 0 bridgehead atoms. The minimum absolute atomic E-state index is 0.0778. The Morgan fingerprint density at radius 1 is 1.00 bits per heavy atom. The fourth-order valence-electron chi connectivity index (χ4n) is 6.47. The van der Waals surface area contributed by atoms with E-state index in [2.05, 4.69) is 11.0 Å². The highest BCUT2D eigenvalue weighted by Gasteiger charge is 2.63. The molecule has 2 amide bonds. The van der Waals surface area contributed by atoms with Crippen LogP contribution in [-0.2, 0) is 36.4 Å². The van der Waals surface area contributed by atoms with Crippen molar-refractivity contribution in [2.24, 2.45) is 0 Å². The van der Waals surface area contributed by atoms with Crippen molar-refractivity contribution in [1.82, 2.24) is 14.7 Å². The van der Waals surface area contributed by atoms with Gasteiger partial charge in [-0.25, -0.2) is 22.4 Å². The number of hydrogen-bond donors (Lipinski definition) is 0. The summed E-state index contributed by atoms with van der Waals surface area (Å²) >= 11 is 0. The number of benzene rings is 3. The molecule has 0 N–H and O–H groups in total. The van der Waals surface area contributed by atoms with E-state index in [4.69, 9.17) is 18.9 Å². The number of carbonyl (C=O) groups is 2. The average Bonchev–Trinajstić information content (AvgIpc) is 3.66. The number of fused-ring (bicyclic) bond motifs is 1. The third kappa shape index (κ3) is 6.42. The highest BCUT2D eigenvalue weighted by atomic mass is 32.2. The molecular formula is C35H41N5O8S. The first-order chi connectivity index (χ1) is 23.4. The van der Waals surface area contributed by atoms with E-state index in [0.29, 0.717) is 49.6 Å². The minimum atomic E-state index is -4.53. The molecule has 3 aromatic carbocycles. The molecule has 260 valence electrons. The van der Waals surface area contributed by atoms with Gasteiger partial charge in [-0.15, -0.1) is 0 Å². The number of amides is 2. The molecule has 3 aromatic rings. The van der Waals surface area contributed by atoms with Crippen molar-refractivity contribution in [3.63, 3.8) is 0 Å². The zero-order chi connectivity index (χ0) is 35.5. The van der Waals surface area contributed by atoms with E-state index < -0.39 is 33.8 Å². The standard InChI is InChI=1S/C35H41N5O8S/c1-37(2)34(42)48-32-8-7-17-39(32)35(29-21-25(10-16-31(29)47-6)23-38(3)18-19-45-4)28-20-24(22-36)9-15-30(28)40(33(35)41)49(43,44)27-13-11-26(46-5)12-14-27/h9-16,20-21,32H,7-8,17-19,23H2,1-6H3. The molecule has 49 heavy (non-hydrogen) atoms. The quantitative estimate of drug-likeness (QED) is 0.274. The first kappa shape index (κ1) is 35.6. The highest BCUT2D eigenvalue weighted by molar-refractivity contribution is 7.93. The molecule has 2 aliphatic rings. The van der Waals surface area contributed by atoms with E-state index in [1.165, 1.54) is 61.6 Å². The van der Waals surface area contributed by atoms with Crippen molar-refractivity contribution in [2.45, 2.75) is 36.0 Å². The number of methoxy groups -OCH3 is 3. The maximum atomic E-state index is 15.5. The summed E-state index contributed by atoms with van der Waals surface area (Å²) in [6.45, 7) is 1.89. The van der Waals surface area contributed by atoms with Gasteiger partial charge in [-0.05, 0) is 80.1 Å². The lowest BCUT2D eigenvalue weighted by atomic mass is 9.80. The lowest BCUT2D eigenvalue weighted by Crippen LogP contribution is -2.57. The lowest BCUT2D eigenvalue weighted by Gasteiger charge is -2.41. The van der Waals surface area contributed by atoms with Gasteiger partial charge in [0.1, 0.15) is 11.5 Å². The number of ether oxygens (including phenoxy) is 4. The van der Waals surface area contributed by atoms with Crippen LogP contribution in [0.4, 0.5) is 10.5 Å². The van der Waals surface area contributed by atoms with Crippen LogP contribution < -0.4 is 13.8 Å². The summed E-state index contributed by atoms with van der Waals surface area (Å²) in [5, 5.41) is 10.0. The maximum absolute atomic E-state index is 15.5. The Hall–Kier alpha value is -4.68. The number of nitrogens with zero attached hydrogens (tertiary/aromatic N) is 5. The van der Waals surface area contributed by atoms with Crippen LogP contribution in [0.2, 0.25) is 0 Å². The summed E-state index contributed by atoms with van der Waals surface area (Å²) < 4.78 is 52.2. The van der Waals surface area contributed by atoms with Crippen LogP contribution in [-0.4, -0.2) is 104 Å². The van der Waals surface area contributed by atoms with Gasteiger partial charge in [0, 0.05) is 52.0 Å². The SMILES string of the molecule is COCCN(C)Cc1ccc(OC)c(C2(N3CCCC3OC(=O)N(C)C)C(=O)N(S(=O)(=O)c3ccc(OC)cc3)c3ccc(C#N)cc32)c1. The summed E-state index contributed by atoms with van der Waals surface area (Å²) in [4.78, 5) is 33.4. The molecule has 5 rings (SSSR count). The smallest absolute Gasteiger partial charge is 0.410 e. The fourth-order valence-corrected chi connectivity index (χ4v) is 7.93. The number of sulfonamides is 1. The number of anilines is 1. The molecule has 13 nitrogen and oxygen atoms in total. The molecule has 1 saturated heterocycles. The highest BCUT2D eigenvalue weighted by Crippen LogP contribution is 2.54. The monoisotopic (exact) mass is 691 g/mol. The Kier molecular flexibility index (Phi) is 10.5. The number of hydrogen-bond acceptors (Lipinski definition) is 11. The summed E-state index contributed by atoms with van der Waals surface area (Å²) in [6, 6.07) is 17.8. The van der Waals surface area contributed by atoms with Crippen molar-refractivity contribution in [2.75, 3.05) is 66.5 Å². The first-order valence-corrected chi connectivity index (χ1v) is 17.2. The summed E-state index contributed by atoms with van der Waals surface area (Å²) in [5.41, 5.74) is -0.165. The largest absolute Gasteiger partial charge is 0.497 e. The van der Waals surface area contributed by atoms with Crippen molar-refractivity contribution < 1.29 is 37.0 Å². The molecule has 2 heterocycles. The van der Waals surface area contributed by atoms with Crippen LogP contribution in [0, 0.1) is 11.3 Å². The van der Waals surface area contributed by atoms with Gasteiger partial charge in [-0.1, -0.05) is 6.07 Å². The van der Waals surface area contributed by atoms with Gasteiger partial charge in [-0.2, -0.15) is 5.26 Å². The van der Waals surface area contributed by atoms with Crippen LogP contribution in [0.15, 0.2) is 65.6 Å². The van der Waals surface area contributed by atoms with Crippen molar-refractivity contribution in [3.8, 4) is 17.6 Å². The first-order valence-electron chi connectivity index (χ1n) is 15.7. The van der Waals surface area contributed by atoms with E-state index in [1.54, 1.807) is 32.2 Å². The molecule has 0 spiro atoms. The molecule has 0 aliphatic carbocycles. The normalized spacial score (nSPS) is 19.1. The van der Waals surface area contributed by atoms with E-state index >= 15 is 4.79 Å². The van der Waals surface area contributed by atoms with Gasteiger partial charge in [0.2, 0.25) is 0 Å². The molecule has 2 aliphatic heterocycles. The number of rotatable bonds is 12. The van der Waals surface area contributed by atoms with Gasteiger partial charge < -0.3 is 23.8 Å². The van der Waals surface area contributed by atoms with E-state index in [9.17, 15) is 18.5 Å². The van der Waals surface area contributed by atoms with Gasteiger partial charge >= 0.3 is 6.09 Å². The predicted molar refractivity (Wildman–Crippen MR) is 181 cm³/mol. The Morgan fingerprint density at radius 2 is 1.73 bits per heavy atom. The zero-order valence-corrected chi connectivity index (χ0v) is 29.3. The molecule has 1 fully saturated rings. The third-order valence-corrected chi connectivity index (χ3v) is 10.6. The predicted octanol–water partition coefficient (Wildman–Crippen LogP) is 3.75. The van der Waals surface area contributed by atoms with Crippen molar-refractivity contribution in [1.29, 1.82) is 5.26 Å². The van der Waals surface area contributed by atoms with Crippen molar-refractivity contribution in [3.05, 3.63) is 82.9 Å². The minimum Gasteiger partial charge on any atom is -0.497 e. The molecule has 2 unspecified atom stereocenters. The number of likely N-dealkylation sites (tertiary alicyclic amines) is 1. The summed E-state index contributed by atoms with van der Waals surface area (Å²) in [7, 11) is 5.10. The van der Waals surface area contributed by atoms with E-state index in [1.807, 2.05) is 19.2 Å². The topological polar surface area (TPSA) is 142 Å². The molecule has 0 saturated carbocycles. The molecule has 0 radical (unpaired) electrons. The van der Waals surface area contributed by atoms with Crippen LogP contribution in [0.25, 0.3) is 0 Å². The summed E-state index contributed by atoms with van der Waals surface area (Å²) in [5.74, 6) is -0.0534. The molecular weight excluding hydrogens is 650 g/mol. The lowest BCUT2D eigenvalue weighted by molar-refractivity contribution is -0.132. The van der Waals surface area contributed by atoms with E-state index in [-0.39, 0.29) is 28.3 Å².